The Morgan fingerprint density at radius 2 is 1.77 bits per heavy atom. The number of nitrogens with one attached hydrogen (secondary N) is 1. The average molecular weight is 439 g/mol. The number of hydrogen-bond acceptors (Lipinski definition) is 6. The molecule has 31 heavy (non-hydrogen) atoms. The second-order valence-corrected chi connectivity index (χ2v) is 9.67. The quantitative estimate of drug-likeness (QED) is 0.389. The molecule has 0 radical (unpaired) electrons. The fraction of sp³-hybridized carbons (Fsp3) is 0.909. The Kier molecular flexibility index (Phi) is 8.80. The van der Waals surface area contributed by atoms with Gasteiger partial charge in [-0.1, -0.05) is 0 Å². The summed E-state index contributed by atoms with van der Waals surface area (Å²) in [6.45, 7) is 16.9. The summed E-state index contributed by atoms with van der Waals surface area (Å²) in [7, 11) is 1.88. The van der Waals surface area contributed by atoms with Gasteiger partial charge in [-0.2, -0.15) is 0 Å². The molecule has 0 aliphatic carbocycles. The molecule has 3 heterocycles. The summed E-state index contributed by atoms with van der Waals surface area (Å²) in [5, 5.41) is 3.55. The molecule has 9 nitrogen and oxygen atoms in total. The fourth-order valence-corrected chi connectivity index (χ4v) is 4.49. The van der Waals surface area contributed by atoms with Gasteiger partial charge < -0.3 is 24.6 Å². The Morgan fingerprint density at radius 1 is 1.06 bits per heavy atom. The van der Waals surface area contributed by atoms with E-state index in [-0.39, 0.29) is 6.09 Å². The number of guanidine groups is 1. The predicted molar refractivity (Wildman–Crippen MR) is 123 cm³/mol. The number of likely N-dealkylation sites (tertiary alicyclic amines) is 1. The predicted octanol–water partition coefficient (Wildman–Crippen LogP) is 0.911. The maximum atomic E-state index is 12.2. The number of rotatable bonds is 5. The van der Waals surface area contributed by atoms with Gasteiger partial charge in [0, 0.05) is 72.0 Å². The fourth-order valence-electron chi connectivity index (χ4n) is 4.49. The topological polar surface area (TPSA) is 72.9 Å². The van der Waals surface area contributed by atoms with Gasteiger partial charge in [0.15, 0.2) is 5.96 Å². The van der Waals surface area contributed by atoms with Gasteiger partial charge >= 0.3 is 6.09 Å². The molecule has 3 saturated heterocycles. The first kappa shape index (κ1) is 24.1. The van der Waals surface area contributed by atoms with Crippen LogP contribution in [0.2, 0.25) is 0 Å². The highest BCUT2D eigenvalue weighted by molar-refractivity contribution is 5.80. The normalized spacial score (nSPS) is 24.5. The van der Waals surface area contributed by atoms with Crippen molar-refractivity contribution in [3.05, 3.63) is 0 Å². The number of ether oxygens (including phenoxy) is 2. The molecule has 3 rings (SSSR count). The minimum absolute atomic E-state index is 0.196. The van der Waals surface area contributed by atoms with Gasteiger partial charge in [-0.3, -0.25) is 14.8 Å². The second kappa shape index (κ2) is 11.3. The van der Waals surface area contributed by atoms with Crippen molar-refractivity contribution in [2.75, 3.05) is 85.7 Å². The lowest BCUT2D eigenvalue weighted by atomic mass is 10.2. The highest BCUT2D eigenvalue weighted by Crippen LogP contribution is 2.17. The number of amides is 1. The van der Waals surface area contributed by atoms with Crippen molar-refractivity contribution in [2.45, 2.75) is 45.3 Å². The summed E-state index contributed by atoms with van der Waals surface area (Å²) in [5.41, 5.74) is -0.435. The third-order valence-electron chi connectivity index (χ3n) is 6.20. The molecule has 0 aromatic heterocycles. The molecule has 9 heteroatoms. The number of carbonyl (C=O) groups is 1. The van der Waals surface area contributed by atoms with Crippen molar-refractivity contribution < 1.29 is 14.3 Å². The van der Waals surface area contributed by atoms with E-state index in [0.717, 1.165) is 91.0 Å². The second-order valence-electron chi connectivity index (χ2n) is 9.67. The van der Waals surface area contributed by atoms with Gasteiger partial charge in [0.25, 0.3) is 0 Å². The average Bonchev–Trinajstić information content (AvgIpc) is 3.24. The van der Waals surface area contributed by atoms with Crippen molar-refractivity contribution >= 4 is 12.1 Å². The van der Waals surface area contributed by atoms with E-state index in [1.807, 2.05) is 32.7 Å². The smallest absolute Gasteiger partial charge is 0.410 e. The zero-order valence-corrected chi connectivity index (χ0v) is 19.9. The lowest BCUT2D eigenvalue weighted by molar-refractivity contribution is 0.0144. The van der Waals surface area contributed by atoms with Crippen molar-refractivity contribution in [1.82, 2.24) is 24.9 Å². The Labute approximate surface area is 187 Å². The third-order valence-corrected chi connectivity index (χ3v) is 6.20. The molecule has 0 spiro atoms. The first-order valence-electron chi connectivity index (χ1n) is 11.8. The van der Waals surface area contributed by atoms with Crippen molar-refractivity contribution in [3.63, 3.8) is 0 Å². The van der Waals surface area contributed by atoms with Gasteiger partial charge in [0.1, 0.15) is 5.60 Å². The van der Waals surface area contributed by atoms with Crippen LogP contribution in [-0.4, -0.2) is 129 Å². The van der Waals surface area contributed by atoms with Gasteiger partial charge in [-0.25, -0.2) is 4.79 Å². The van der Waals surface area contributed by atoms with Gasteiger partial charge in [0.2, 0.25) is 0 Å². The summed E-state index contributed by atoms with van der Waals surface area (Å²) in [6, 6.07) is 0.615. The van der Waals surface area contributed by atoms with Crippen LogP contribution in [0, 0.1) is 0 Å². The molecule has 3 aliphatic heterocycles. The zero-order valence-electron chi connectivity index (χ0n) is 19.9. The summed E-state index contributed by atoms with van der Waals surface area (Å²) in [4.78, 5) is 25.9. The maximum Gasteiger partial charge on any atom is 0.410 e. The highest BCUT2D eigenvalue weighted by Gasteiger charge is 2.30. The number of nitrogens with zero attached hydrogens (tertiary/aromatic N) is 5. The van der Waals surface area contributed by atoms with E-state index >= 15 is 0 Å². The van der Waals surface area contributed by atoms with E-state index in [4.69, 9.17) is 9.47 Å². The van der Waals surface area contributed by atoms with Gasteiger partial charge in [0.05, 0.1) is 13.2 Å². The molecule has 1 atom stereocenters. The first-order chi connectivity index (χ1) is 14.9. The largest absolute Gasteiger partial charge is 0.444 e. The molecular formula is C22H42N6O3. The molecule has 178 valence electrons. The van der Waals surface area contributed by atoms with E-state index in [1.165, 1.54) is 6.42 Å². The van der Waals surface area contributed by atoms with Gasteiger partial charge in [-0.05, 0) is 40.2 Å². The standard InChI is InChI=1S/C22H42N6O3/c1-22(2,3)31-21(29)27-12-10-25(11-13-27)8-5-7-24-20(23-4)28-9-6-19(18-28)26-14-16-30-17-15-26/h19H,5-18H2,1-4H3,(H,23,24). The Balaban J connectivity index is 1.30. The molecule has 3 aliphatic rings. The molecule has 0 aromatic carbocycles. The van der Waals surface area contributed by atoms with Crippen LogP contribution in [0.3, 0.4) is 0 Å². The number of piperazine rings is 1. The van der Waals surface area contributed by atoms with Crippen molar-refractivity contribution in [2.24, 2.45) is 4.99 Å². The van der Waals surface area contributed by atoms with E-state index < -0.39 is 5.60 Å². The van der Waals surface area contributed by atoms with Crippen LogP contribution in [0.5, 0.6) is 0 Å². The molecule has 1 N–H and O–H groups in total. The number of aliphatic imine (C=N–C) groups is 1. The SMILES string of the molecule is CN=C(NCCCN1CCN(C(=O)OC(C)(C)C)CC1)N1CCC(N2CCOCC2)C1. The van der Waals surface area contributed by atoms with E-state index in [9.17, 15) is 4.79 Å². The van der Waals surface area contributed by atoms with E-state index in [2.05, 4.69) is 25.0 Å². The number of morpholine rings is 1. The van der Waals surface area contributed by atoms with Crippen molar-refractivity contribution in [1.29, 1.82) is 0 Å². The molecule has 0 aromatic rings. The van der Waals surface area contributed by atoms with E-state index in [0.29, 0.717) is 6.04 Å². The molecule has 0 saturated carbocycles. The van der Waals surface area contributed by atoms with Gasteiger partial charge in [-0.15, -0.1) is 0 Å². The Morgan fingerprint density at radius 3 is 2.42 bits per heavy atom. The monoisotopic (exact) mass is 438 g/mol. The zero-order chi connectivity index (χ0) is 22.3. The molecule has 1 unspecified atom stereocenters. The molecule has 0 bridgehead atoms. The number of hydrogen-bond donors (Lipinski definition) is 1. The molecule has 3 fully saturated rings. The minimum Gasteiger partial charge on any atom is -0.444 e. The van der Waals surface area contributed by atoms with Crippen LogP contribution in [0.4, 0.5) is 4.79 Å². The summed E-state index contributed by atoms with van der Waals surface area (Å²) < 4.78 is 11.0. The highest BCUT2D eigenvalue weighted by atomic mass is 16.6. The lowest BCUT2D eigenvalue weighted by Crippen LogP contribution is -2.50. The summed E-state index contributed by atoms with van der Waals surface area (Å²) in [6.07, 6.45) is 2.06. The molecule has 1 amide bonds. The van der Waals surface area contributed by atoms with Crippen molar-refractivity contribution in [3.8, 4) is 0 Å². The van der Waals surface area contributed by atoms with Crippen LogP contribution in [0.1, 0.15) is 33.6 Å². The summed E-state index contributed by atoms with van der Waals surface area (Å²) in [5.74, 6) is 1.02. The van der Waals surface area contributed by atoms with Crippen LogP contribution in [0.25, 0.3) is 0 Å². The van der Waals surface area contributed by atoms with Crippen LogP contribution in [-0.2, 0) is 9.47 Å². The first-order valence-corrected chi connectivity index (χ1v) is 11.8. The minimum atomic E-state index is -0.435. The van der Waals surface area contributed by atoms with Crippen LogP contribution >= 0.6 is 0 Å². The molecular weight excluding hydrogens is 396 g/mol. The van der Waals surface area contributed by atoms with Crippen LogP contribution in [0.15, 0.2) is 4.99 Å². The Bertz CT molecular complexity index is 595. The van der Waals surface area contributed by atoms with Crippen LogP contribution < -0.4 is 5.32 Å². The lowest BCUT2D eigenvalue weighted by Gasteiger charge is -2.35. The third kappa shape index (κ3) is 7.50. The van der Waals surface area contributed by atoms with E-state index in [1.54, 1.807) is 0 Å². The number of carbonyl (C=O) groups excluding carboxylic acids is 1. The summed E-state index contributed by atoms with van der Waals surface area (Å²) >= 11 is 0. The maximum absolute atomic E-state index is 12.2. The Hall–Kier alpha value is -1.58.